The second-order valence-electron chi connectivity index (χ2n) is 4.75. The number of aromatic nitrogens is 3. The summed E-state index contributed by atoms with van der Waals surface area (Å²) in [5, 5.41) is 8.03. The second kappa shape index (κ2) is 6.45. The Balaban J connectivity index is 1.67. The summed E-state index contributed by atoms with van der Waals surface area (Å²) in [4.78, 5) is 4.53. The third-order valence-corrected chi connectivity index (χ3v) is 4.52. The van der Waals surface area contributed by atoms with Crippen LogP contribution in [0, 0.1) is 6.92 Å². The monoisotopic (exact) mass is 359 g/mol. The van der Waals surface area contributed by atoms with Crippen molar-refractivity contribution in [2.45, 2.75) is 17.8 Å². The molecule has 5 heteroatoms. The predicted octanol–water partition coefficient (Wildman–Crippen LogP) is 4.83. The lowest BCUT2D eigenvalue weighted by Gasteiger charge is -1.98. The first-order valence-corrected chi connectivity index (χ1v) is 8.35. The number of hydrogen-bond acceptors (Lipinski definition) is 3. The van der Waals surface area contributed by atoms with Crippen molar-refractivity contribution in [1.29, 1.82) is 0 Å². The van der Waals surface area contributed by atoms with Crippen LogP contribution in [0.15, 0.2) is 58.2 Å². The number of nitrogens with zero attached hydrogens (tertiary/aromatic N) is 2. The molecule has 0 unspecified atom stereocenters. The molecule has 0 saturated heterocycles. The molecule has 1 heterocycles. The van der Waals surface area contributed by atoms with Crippen LogP contribution in [0.2, 0.25) is 0 Å². The number of thioether (sulfide) groups is 1. The maximum absolute atomic E-state index is 4.53. The fourth-order valence-electron chi connectivity index (χ4n) is 1.88. The summed E-state index contributed by atoms with van der Waals surface area (Å²) < 4.78 is 1.09. The Morgan fingerprint density at radius 3 is 2.48 bits per heavy atom. The van der Waals surface area contributed by atoms with Crippen molar-refractivity contribution in [3.63, 3.8) is 0 Å². The summed E-state index contributed by atoms with van der Waals surface area (Å²) in [6.07, 6.45) is 0. The molecule has 0 radical (unpaired) electrons. The number of benzene rings is 2. The molecule has 1 aromatic heterocycles. The molecule has 0 aliphatic heterocycles. The lowest BCUT2D eigenvalue weighted by atomic mass is 10.1. The predicted molar refractivity (Wildman–Crippen MR) is 90.3 cm³/mol. The number of hydrogen-bond donors (Lipinski definition) is 1. The summed E-state index contributed by atoms with van der Waals surface area (Å²) in [5.41, 5.74) is 3.55. The molecule has 3 nitrogen and oxygen atoms in total. The van der Waals surface area contributed by atoms with Gasteiger partial charge in [-0.05, 0) is 24.6 Å². The topological polar surface area (TPSA) is 41.6 Å². The van der Waals surface area contributed by atoms with Crippen LogP contribution in [-0.2, 0) is 5.75 Å². The van der Waals surface area contributed by atoms with Gasteiger partial charge in [-0.1, -0.05) is 69.7 Å². The zero-order chi connectivity index (χ0) is 14.7. The molecule has 0 amide bonds. The van der Waals surface area contributed by atoms with Crippen LogP contribution in [0.4, 0.5) is 0 Å². The van der Waals surface area contributed by atoms with Gasteiger partial charge >= 0.3 is 0 Å². The van der Waals surface area contributed by atoms with Gasteiger partial charge in [-0.15, -0.1) is 5.10 Å². The van der Waals surface area contributed by atoms with Gasteiger partial charge in [0.05, 0.1) is 0 Å². The van der Waals surface area contributed by atoms with E-state index in [2.05, 4.69) is 74.4 Å². The Kier molecular flexibility index (Phi) is 4.41. The van der Waals surface area contributed by atoms with E-state index >= 15 is 0 Å². The summed E-state index contributed by atoms with van der Waals surface area (Å²) in [5.74, 6) is 1.67. The quantitative estimate of drug-likeness (QED) is 0.678. The third kappa shape index (κ3) is 3.74. The van der Waals surface area contributed by atoms with Crippen LogP contribution in [0.5, 0.6) is 0 Å². The van der Waals surface area contributed by atoms with Crippen molar-refractivity contribution < 1.29 is 0 Å². The summed E-state index contributed by atoms with van der Waals surface area (Å²) >= 11 is 5.07. The molecule has 0 spiro atoms. The average Bonchev–Trinajstić information content (AvgIpc) is 2.96. The van der Waals surface area contributed by atoms with Gasteiger partial charge in [0.25, 0.3) is 0 Å². The highest BCUT2D eigenvalue weighted by molar-refractivity contribution is 9.10. The lowest BCUT2D eigenvalue weighted by molar-refractivity contribution is 0.973. The van der Waals surface area contributed by atoms with E-state index in [1.165, 1.54) is 11.1 Å². The first-order valence-electron chi connectivity index (χ1n) is 6.57. The number of halogens is 1. The first-order chi connectivity index (χ1) is 10.2. The maximum Gasteiger partial charge on any atom is 0.209 e. The minimum absolute atomic E-state index is 0.772. The second-order valence-corrected chi connectivity index (χ2v) is 6.61. The van der Waals surface area contributed by atoms with E-state index in [1.807, 2.05) is 12.1 Å². The molecule has 3 rings (SSSR count). The van der Waals surface area contributed by atoms with Crippen LogP contribution in [0.3, 0.4) is 0 Å². The Hall–Kier alpha value is -1.59. The highest BCUT2D eigenvalue weighted by atomic mass is 79.9. The van der Waals surface area contributed by atoms with Gasteiger partial charge in [-0.25, -0.2) is 4.98 Å². The standard InChI is InChI=1S/C16H14BrN3S/c1-11-2-6-13(7-3-11)15-18-16(20-19-15)21-10-12-4-8-14(17)9-5-12/h2-9H,10H2,1H3,(H,18,19,20). The van der Waals surface area contributed by atoms with Gasteiger partial charge in [0, 0.05) is 15.8 Å². The maximum atomic E-state index is 4.53. The largest absolute Gasteiger partial charge is 0.258 e. The van der Waals surface area contributed by atoms with Crippen LogP contribution < -0.4 is 0 Å². The summed E-state index contributed by atoms with van der Waals surface area (Å²) in [7, 11) is 0. The molecular formula is C16H14BrN3S. The Morgan fingerprint density at radius 2 is 1.76 bits per heavy atom. The van der Waals surface area contributed by atoms with Gasteiger partial charge in [0.2, 0.25) is 5.16 Å². The first kappa shape index (κ1) is 14.4. The van der Waals surface area contributed by atoms with Gasteiger partial charge in [-0.2, -0.15) is 0 Å². The lowest BCUT2D eigenvalue weighted by Crippen LogP contribution is -1.82. The van der Waals surface area contributed by atoms with Gasteiger partial charge in [0.1, 0.15) is 0 Å². The van der Waals surface area contributed by atoms with Crippen LogP contribution in [0.1, 0.15) is 11.1 Å². The third-order valence-electron chi connectivity index (χ3n) is 3.07. The van der Waals surface area contributed by atoms with Crippen molar-refractivity contribution in [3.8, 4) is 11.4 Å². The Labute approximate surface area is 136 Å². The molecule has 0 aliphatic carbocycles. The van der Waals surface area contributed by atoms with Gasteiger partial charge in [-0.3, -0.25) is 5.10 Å². The van der Waals surface area contributed by atoms with E-state index in [0.29, 0.717) is 0 Å². The molecule has 106 valence electrons. The van der Waals surface area contributed by atoms with Crippen molar-refractivity contribution >= 4 is 27.7 Å². The number of nitrogens with one attached hydrogen (secondary N) is 1. The normalized spacial score (nSPS) is 10.8. The van der Waals surface area contributed by atoms with E-state index in [0.717, 1.165) is 26.8 Å². The summed E-state index contributed by atoms with van der Waals surface area (Å²) in [6, 6.07) is 16.6. The van der Waals surface area contributed by atoms with E-state index < -0.39 is 0 Å². The zero-order valence-electron chi connectivity index (χ0n) is 11.5. The molecule has 0 aliphatic rings. The number of aromatic amines is 1. The van der Waals surface area contributed by atoms with E-state index in [-0.39, 0.29) is 0 Å². The minimum Gasteiger partial charge on any atom is -0.258 e. The highest BCUT2D eigenvalue weighted by Crippen LogP contribution is 2.23. The van der Waals surface area contributed by atoms with Crippen LogP contribution in [0.25, 0.3) is 11.4 Å². The van der Waals surface area contributed by atoms with Crippen molar-refractivity contribution in [2.75, 3.05) is 0 Å². The van der Waals surface area contributed by atoms with Crippen molar-refractivity contribution in [2.24, 2.45) is 0 Å². The van der Waals surface area contributed by atoms with Gasteiger partial charge < -0.3 is 0 Å². The molecule has 0 atom stereocenters. The van der Waals surface area contributed by atoms with E-state index in [9.17, 15) is 0 Å². The molecule has 0 bridgehead atoms. The Morgan fingerprint density at radius 1 is 1.05 bits per heavy atom. The van der Waals surface area contributed by atoms with Gasteiger partial charge in [0.15, 0.2) is 5.82 Å². The fraction of sp³-hybridized carbons (Fsp3) is 0.125. The number of aryl methyl sites for hydroxylation is 1. The molecule has 0 saturated carbocycles. The average molecular weight is 360 g/mol. The van der Waals surface area contributed by atoms with E-state index in [1.54, 1.807) is 11.8 Å². The zero-order valence-corrected chi connectivity index (χ0v) is 13.9. The molecular weight excluding hydrogens is 346 g/mol. The molecule has 0 fully saturated rings. The smallest absolute Gasteiger partial charge is 0.209 e. The Bertz CT molecular complexity index is 720. The SMILES string of the molecule is Cc1ccc(-c2nc(SCc3ccc(Br)cc3)n[nH]2)cc1. The van der Waals surface area contributed by atoms with Crippen LogP contribution in [-0.4, -0.2) is 15.2 Å². The van der Waals surface area contributed by atoms with E-state index in [4.69, 9.17) is 0 Å². The minimum atomic E-state index is 0.772. The summed E-state index contributed by atoms with van der Waals surface area (Å²) in [6.45, 7) is 2.07. The highest BCUT2D eigenvalue weighted by Gasteiger charge is 2.06. The molecule has 2 aromatic carbocycles. The van der Waals surface area contributed by atoms with Crippen molar-refractivity contribution in [1.82, 2.24) is 15.2 Å². The number of H-pyrrole nitrogens is 1. The molecule has 3 aromatic rings. The molecule has 1 N–H and O–H groups in total. The molecule has 21 heavy (non-hydrogen) atoms. The fourth-order valence-corrected chi connectivity index (χ4v) is 2.90. The number of rotatable bonds is 4. The van der Waals surface area contributed by atoms with Crippen molar-refractivity contribution in [3.05, 3.63) is 64.1 Å². The van der Waals surface area contributed by atoms with Crippen LogP contribution >= 0.6 is 27.7 Å².